The maximum atomic E-state index is 5.38. The van der Waals surface area contributed by atoms with E-state index in [1.807, 2.05) is 6.26 Å². The molecule has 0 aliphatic rings. The molecule has 0 aliphatic heterocycles. The average molecular weight is 219 g/mol. The van der Waals surface area contributed by atoms with Crippen molar-refractivity contribution in [2.24, 2.45) is 0 Å². The van der Waals surface area contributed by atoms with Gasteiger partial charge in [-0.3, -0.25) is 4.98 Å². The van der Waals surface area contributed by atoms with Gasteiger partial charge in [-0.2, -0.15) is 0 Å². The number of nitrogens with zero attached hydrogens (tertiary/aromatic N) is 3. The van der Waals surface area contributed by atoms with Gasteiger partial charge in [0.2, 0.25) is 0 Å². The smallest absolute Gasteiger partial charge is 0.321 e. The molecule has 76 valence electrons. The number of hydrogen-bond acceptors (Lipinski definition) is 5. The van der Waals surface area contributed by atoms with Gasteiger partial charge in [0.1, 0.15) is 5.75 Å². The minimum absolute atomic E-state index is 0.334. The van der Waals surface area contributed by atoms with Crippen LogP contribution in [-0.2, 0) is 0 Å². The van der Waals surface area contributed by atoms with Crippen LogP contribution < -0.4 is 4.74 Å². The first-order chi connectivity index (χ1) is 7.38. The van der Waals surface area contributed by atoms with Crippen LogP contribution in [0.1, 0.15) is 0 Å². The van der Waals surface area contributed by atoms with Gasteiger partial charge in [0, 0.05) is 23.5 Å². The highest BCUT2D eigenvalue weighted by molar-refractivity contribution is 7.98. The number of hydrogen-bond donors (Lipinski definition) is 0. The first-order valence-corrected chi connectivity index (χ1v) is 5.55. The Hall–Kier alpha value is -1.62. The Kier molecular flexibility index (Phi) is 3.14. The van der Waals surface area contributed by atoms with Crippen molar-refractivity contribution < 1.29 is 4.74 Å². The van der Waals surface area contributed by atoms with Gasteiger partial charge in [-0.05, 0) is 18.4 Å². The number of aromatic nitrogens is 3. The van der Waals surface area contributed by atoms with E-state index < -0.39 is 0 Å². The van der Waals surface area contributed by atoms with Gasteiger partial charge in [-0.1, -0.05) is 0 Å². The van der Waals surface area contributed by atoms with E-state index in [0.717, 1.165) is 4.90 Å². The van der Waals surface area contributed by atoms with E-state index >= 15 is 0 Å². The summed E-state index contributed by atoms with van der Waals surface area (Å²) in [6, 6.07) is 3.94. The maximum absolute atomic E-state index is 5.38. The molecule has 0 saturated heterocycles. The van der Waals surface area contributed by atoms with Crippen LogP contribution >= 0.6 is 11.8 Å². The second-order valence-electron chi connectivity index (χ2n) is 2.70. The lowest BCUT2D eigenvalue weighted by Crippen LogP contribution is -1.91. The third-order valence-electron chi connectivity index (χ3n) is 1.68. The second kappa shape index (κ2) is 4.75. The lowest BCUT2D eigenvalue weighted by Gasteiger charge is -2.02. The minimum Gasteiger partial charge on any atom is -0.423 e. The van der Waals surface area contributed by atoms with Crippen LogP contribution in [0.5, 0.6) is 11.8 Å². The molecule has 0 aliphatic carbocycles. The first kappa shape index (κ1) is 9.92. The molecule has 0 amide bonds. The standard InChI is InChI=1S/C10H9N3OS/c1-15-9-6-12-10(13-7-9)14-8-3-2-4-11-5-8/h2-7H,1H3. The van der Waals surface area contributed by atoms with Crippen molar-refractivity contribution in [1.29, 1.82) is 0 Å². The Morgan fingerprint density at radius 1 is 1.20 bits per heavy atom. The summed E-state index contributed by atoms with van der Waals surface area (Å²) in [4.78, 5) is 13.1. The fourth-order valence-electron chi connectivity index (χ4n) is 0.975. The van der Waals surface area contributed by atoms with E-state index in [1.165, 1.54) is 0 Å². The van der Waals surface area contributed by atoms with Crippen LogP contribution in [0.25, 0.3) is 0 Å². The van der Waals surface area contributed by atoms with Gasteiger partial charge >= 0.3 is 6.01 Å². The molecule has 0 unspecified atom stereocenters. The lowest BCUT2D eigenvalue weighted by atomic mass is 10.5. The quantitative estimate of drug-likeness (QED) is 0.742. The molecule has 2 heterocycles. The van der Waals surface area contributed by atoms with Crippen molar-refractivity contribution in [2.75, 3.05) is 6.26 Å². The molecule has 0 atom stereocenters. The zero-order chi connectivity index (χ0) is 10.5. The molecular weight excluding hydrogens is 210 g/mol. The van der Waals surface area contributed by atoms with Gasteiger partial charge in [0.25, 0.3) is 0 Å². The summed E-state index contributed by atoms with van der Waals surface area (Å²) in [7, 11) is 0. The molecule has 0 bridgehead atoms. The second-order valence-corrected chi connectivity index (χ2v) is 3.58. The van der Waals surface area contributed by atoms with Crippen LogP contribution in [0, 0.1) is 0 Å². The highest BCUT2D eigenvalue weighted by Crippen LogP contribution is 2.17. The summed E-state index contributed by atoms with van der Waals surface area (Å²) in [5.74, 6) is 0.634. The average Bonchev–Trinajstić information content (AvgIpc) is 2.31. The first-order valence-electron chi connectivity index (χ1n) is 4.32. The minimum atomic E-state index is 0.334. The van der Waals surface area contributed by atoms with E-state index in [2.05, 4.69) is 15.0 Å². The normalized spacial score (nSPS) is 9.93. The molecule has 0 aromatic carbocycles. The van der Waals surface area contributed by atoms with E-state index in [9.17, 15) is 0 Å². The van der Waals surface area contributed by atoms with Crippen molar-refractivity contribution in [3.63, 3.8) is 0 Å². The molecular formula is C10H9N3OS. The summed E-state index contributed by atoms with van der Waals surface area (Å²) in [6.07, 6.45) is 8.73. The summed E-state index contributed by atoms with van der Waals surface area (Å²) in [5.41, 5.74) is 0. The maximum Gasteiger partial charge on any atom is 0.321 e. The van der Waals surface area contributed by atoms with Crippen LogP contribution in [0.4, 0.5) is 0 Å². The molecule has 2 rings (SSSR count). The molecule has 0 N–H and O–H groups in total. The summed E-state index contributed by atoms with van der Waals surface area (Å²) in [5, 5.41) is 0. The SMILES string of the molecule is CSc1cnc(Oc2cccnc2)nc1. The Labute approximate surface area is 91.7 Å². The third-order valence-corrected chi connectivity index (χ3v) is 2.37. The van der Waals surface area contributed by atoms with Gasteiger partial charge in [-0.15, -0.1) is 11.8 Å². The Balaban J connectivity index is 2.11. The molecule has 2 aromatic rings. The Bertz CT molecular complexity index is 418. The van der Waals surface area contributed by atoms with Crippen LogP contribution in [0.15, 0.2) is 41.8 Å². The van der Waals surface area contributed by atoms with Crippen molar-refractivity contribution in [3.05, 3.63) is 36.9 Å². The highest BCUT2D eigenvalue weighted by atomic mass is 32.2. The van der Waals surface area contributed by atoms with Gasteiger partial charge in [-0.25, -0.2) is 9.97 Å². The van der Waals surface area contributed by atoms with Gasteiger partial charge in [0.05, 0.1) is 6.20 Å². The van der Waals surface area contributed by atoms with Gasteiger partial charge in [0.15, 0.2) is 0 Å². The zero-order valence-corrected chi connectivity index (χ0v) is 8.94. The molecule has 0 spiro atoms. The molecule has 2 aromatic heterocycles. The van der Waals surface area contributed by atoms with E-state index in [4.69, 9.17) is 4.74 Å². The predicted octanol–water partition coefficient (Wildman–Crippen LogP) is 2.39. The van der Waals surface area contributed by atoms with Crippen molar-refractivity contribution >= 4 is 11.8 Å². The van der Waals surface area contributed by atoms with E-state index in [1.54, 1.807) is 48.7 Å². The predicted molar refractivity (Wildman–Crippen MR) is 58.1 cm³/mol. The fourth-order valence-corrected chi connectivity index (χ4v) is 1.29. The zero-order valence-electron chi connectivity index (χ0n) is 8.12. The third kappa shape index (κ3) is 2.66. The van der Waals surface area contributed by atoms with E-state index in [0.29, 0.717) is 11.8 Å². The summed E-state index contributed by atoms with van der Waals surface area (Å²) in [6.45, 7) is 0. The largest absolute Gasteiger partial charge is 0.423 e. The van der Waals surface area contributed by atoms with Crippen LogP contribution in [0.2, 0.25) is 0 Å². The molecule has 15 heavy (non-hydrogen) atoms. The number of rotatable bonds is 3. The molecule has 0 saturated carbocycles. The van der Waals surface area contributed by atoms with Gasteiger partial charge < -0.3 is 4.74 Å². The summed E-state index contributed by atoms with van der Waals surface area (Å²) >= 11 is 1.59. The Morgan fingerprint density at radius 3 is 2.60 bits per heavy atom. The molecule has 0 radical (unpaired) electrons. The van der Waals surface area contributed by atoms with Crippen molar-refractivity contribution in [2.45, 2.75) is 4.90 Å². The van der Waals surface area contributed by atoms with Crippen LogP contribution in [-0.4, -0.2) is 21.2 Å². The number of ether oxygens (including phenoxy) is 1. The topological polar surface area (TPSA) is 47.9 Å². The Morgan fingerprint density at radius 2 is 2.00 bits per heavy atom. The summed E-state index contributed by atoms with van der Waals surface area (Å²) < 4.78 is 5.38. The van der Waals surface area contributed by atoms with Crippen LogP contribution in [0.3, 0.4) is 0 Å². The highest BCUT2D eigenvalue weighted by Gasteiger charge is 1.99. The number of pyridine rings is 1. The van der Waals surface area contributed by atoms with Crippen molar-refractivity contribution in [3.8, 4) is 11.8 Å². The lowest BCUT2D eigenvalue weighted by molar-refractivity contribution is 0.438. The van der Waals surface area contributed by atoms with E-state index in [-0.39, 0.29) is 0 Å². The molecule has 0 fully saturated rings. The monoisotopic (exact) mass is 219 g/mol. The molecule has 4 nitrogen and oxygen atoms in total. The molecule has 5 heteroatoms. The van der Waals surface area contributed by atoms with Crippen molar-refractivity contribution in [1.82, 2.24) is 15.0 Å². The fraction of sp³-hybridized carbons (Fsp3) is 0.100. The number of thioether (sulfide) groups is 1.